The number of methoxy groups -OCH3 is 1. The molecule has 5 aromatic rings. The van der Waals surface area contributed by atoms with Crippen LogP contribution in [0.5, 0.6) is 11.5 Å². The summed E-state index contributed by atoms with van der Waals surface area (Å²) in [6, 6.07) is 16.4. The fraction of sp³-hybridized carbons (Fsp3) is 0.241. The van der Waals surface area contributed by atoms with Gasteiger partial charge in [-0.1, -0.05) is 41.9 Å². The molecule has 0 amide bonds. The third-order valence-electron chi connectivity index (χ3n) is 6.32. The van der Waals surface area contributed by atoms with Crippen molar-refractivity contribution in [3.8, 4) is 22.8 Å². The van der Waals surface area contributed by atoms with E-state index in [2.05, 4.69) is 5.10 Å². The maximum atomic E-state index is 15.8. The van der Waals surface area contributed by atoms with Gasteiger partial charge in [-0.2, -0.15) is 0 Å². The van der Waals surface area contributed by atoms with Crippen LogP contribution in [-0.2, 0) is 12.1 Å². The highest BCUT2D eigenvalue weighted by atomic mass is 35.5. The van der Waals surface area contributed by atoms with Crippen LogP contribution in [-0.4, -0.2) is 21.9 Å². The number of nitrogens with zero attached hydrogens (tertiary/aromatic N) is 2. The Labute approximate surface area is 218 Å². The molecule has 0 aliphatic rings. The van der Waals surface area contributed by atoms with Gasteiger partial charge in [-0.05, 0) is 57.5 Å². The summed E-state index contributed by atoms with van der Waals surface area (Å²) >= 11 is 6.61. The molecule has 0 spiro atoms. The number of aryl methyl sites for hydroxylation is 1. The Morgan fingerprint density at radius 1 is 1.08 bits per heavy atom. The second-order valence-corrected chi connectivity index (χ2v) is 10.4. The molecule has 5 rings (SSSR count). The first-order chi connectivity index (χ1) is 17.6. The van der Waals surface area contributed by atoms with Crippen LogP contribution in [0, 0.1) is 12.7 Å². The van der Waals surface area contributed by atoms with Gasteiger partial charge in [-0.25, -0.2) is 9.37 Å². The Balaban J connectivity index is 1.74. The summed E-state index contributed by atoms with van der Waals surface area (Å²) in [5.74, 6) is -0.597. The summed E-state index contributed by atoms with van der Waals surface area (Å²) in [7, 11) is 1.28. The molecule has 37 heavy (non-hydrogen) atoms. The van der Waals surface area contributed by atoms with E-state index in [9.17, 15) is 4.79 Å². The smallest absolute Gasteiger partial charge is 0.224 e. The second kappa shape index (κ2) is 9.23. The molecule has 2 aromatic heterocycles. The van der Waals surface area contributed by atoms with Crippen molar-refractivity contribution in [3.63, 3.8) is 0 Å². The van der Waals surface area contributed by atoms with Gasteiger partial charge in [-0.15, -0.1) is 0 Å². The summed E-state index contributed by atoms with van der Waals surface area (Å²) in [5, 5.41) is 5.04. The Morgan fingerprint density at radius 3 is 2.46 bits per heavy atom. The van der Waals surface area contributed by atoms with Crippen molar-refractivity contribution in [2.75, 3.05) is 7.11 Å². The molecule has 2 heterocycles. The zero-order valence-electron chi connectivity index (χ0n) is 21.3. The van der Waals surface area contributed by atoms with Gasteiger partial charge in [0.1, 0.15) is 12.4 Å². The van der Waals surface area contributed by atoms with E-state index in [1.54, 1.807) is 18.2 Å². The maximum Gasteiger partial charge on any atom is 0.224 e. The molecule has 0 saturated carbocycles. The number of hydrogen-bond donors (Lipinski definition) is 1. The van der Waals surface area contributed by atoms with Crippen molar-refractivity contribution in [3.05, 3.63) is 86.9 Å². The number of rotatable bonds is 5. The van der Waals surface area contributed by atoms with Crippen molar-refractivity contribution < 1.29 is 13.9 Å². The summed E-state index contributed by atoms with van der Waals surface area (Å²) < 4.78 is 28.8. The number of aromatic nitrogens is 3. The largest absolute Gasteiger partial charge is 0.490 e. The van der Waals surface area contributed by atoms with Crippen molar-refractivity contribution >= 4 is 33.4 Å². The minimum absolute atomic E-state index is 0.195. The highest BCUT2D eigenvalue weighted by molar-refractivity contribution is 6.32. The van der Waals surface area contributed by atoms with Gasteiger partial charge in [0.25, 0.3) is 0 Å². The van der Waals surface area contributed by atoms with Crippen molar-refractivity contribution in [1.82, 2.24) is 14.8 Å². The first-order valence-electron chi connectivity index (χ1n) is 11.9. The molecule has 0 unspecified atom stereocenters. The summed E-state index contributed by atoms with van der Waals surface area (Å²) in [5.41, 5.74) is 2.46. The van der Waals surface area contributed by atoms with Crippen LogP contribution >= 0.6 is 11.6 Å². The van der Waals surface area contributed by atoms with E-state index in [-0.39, 0.29) is 16.7 Å². The number of fused-ring (bicyclic) bond motifs is 3. The SMILES string of the molecule is COc1c(F)c2c(-c3ccc(OCc4ccccc4)c(Cl)c3)nc3c(c(C)[nH]n3C(C)(C)C)c2cc1=O. The van der Waals surface area contributed by atoms with E-state index in [0.29, 0.717) is 45.1 Å². The molecule has 0 atom stereocenters. The van der Waals surface area contributed by atoms with Crippen LogP contribution in [0.15, 0.2) is 59.4 Å². The Kier molecular flexibility index (Phi) is 6.20. The predicted octanol–water partition coefficient (Wildman–Crippen LogP) is 6.99. The third kappa shape index (κ3) is 4.33. The van der Waals surface area contributed by atoms with E-state index in [4.69, 9.17) is 26.1 Å². The molecular weight excluding hydrogens is 493 g/mol. The average molecular weight is 520 g/mol. The van der Waals surface area contributed by atoms with Gasteiger partial charge in [-0.3, -0.25) is 9.48 Å². The molecule has 0 aliphatic heterocycles. The lowest BCUT2D eigenvalue weighted by Gasteiger charge is -2.22. The van der Waals surface area contributed by atoms with Gasteiger partial charge in [0.15, 0.2) is 11.5 Å². The fourth-order valence-corrected chi connectivity index (χ4v) is 4.80. The van der Waals surface area contributed by atoms with Crippen molar-refractivity contribution in [2.24, 2.45) is 0 Å². The van der Waals surface area contributed by atoms with Crippen LogP contribution < -0.4 is 14.9 Å². The first-order valence-corrected chi connectivity index (χ1v) is 12.3. The molecule has 0 saturated heterocycles. The predicted molar refractivity (Wildman–Crippen MR) is 145 cm³/mol. The summed E-state index contributed by atoms with van der Waals surface area (Å²) in [4.78, 5) is 17.7. The molecule has 6 nitrogen and oxygen atoms in total. The third-order valence-corrected chi connectivity index (χ3v) is 6.61. The number of nitrogens with one attached hydrogen (secondary N) is 1. The first kappa shape index (κ1) is 24.8. The quantitative estimate of drug-likeness (QED) is 0.272. The fourth-order valence-electron chi connectivity index (χ4n) is 4.57. The monoisotopic (exact) mass is 519 g/mol. The van der Waals surface area contributed by atoms with Crippen molar-refractivity contribution in [2.45, 2.75) is 39.8 Å². The lowest BCUT2D eigenvalue weighted by Crippen LogP contribution is -2.23. The minimum Gasteiger partial charge on any atom is -0.490 e. The van der Waals surface area contributed by atoms with E-state index in [1.165, 1.54) is 13.2 Å². The normalized spacial score (nSPS) is 11.9. The lowest BCUT2D eigenvalue weighted by atomic mass is 9.99. The molecular formula is C29H27ClFN3O3. The number of ether oxygens (including phenoxy) is 2. The van der Waals surface area contributed by atoms with E-state index >= 15 is 4.39 Å². The van der Waals surface area contributed by atoms with Crippen molar-refractivity contribution in [1.29, 1.82) is 0 Å². The number of hydrogen-bond acceptors (Lipinski definition) is 4. The molecule has 0 bridgehead atoms. The molecule has 0 radical (unpaired) electrons. The summed E-state index contributed by atoms with van der Waals surface area (Å²) in [6.07, 6.45) is 0. The lowest BCUT2D eigenvalue weighted by molar-refractivity contribution is 0.306. The van der Waals surface area contributed by atoms with Gasteiger partial charge in [0.05, 0.1) is 23.4 Å². The minimum atomic E-state index is -0.752. The molecule has 3 aromatic carbocycles. The van der Waals surface area contributed by atoms with E-state index in [1.807, 2.05) is 62.7 Å². The molecule has 1 N–H and O–H groups in total. The molecule has 0 fully saturated rings. The van der Waals surface area contributed by atoms with Crippen LogP contribution in [0.25, 0.3) is 33.1 Å². The van der Waals surface area contributed by atoms with Gasteiger partial charge in [0, 0.05) is 27.4 Å². The second-order valence-electron chi connectivity index (χ2n) is 9.97. The van der Waals surface area contributed by atoms with Gasteiger partial charge in [0.2, 0.25) is 11.2 Å². The Morgan fingerprint density at radius 2 is 1.81 bits per heavy atom. The highest BCUT2D eigenvalue weighted by Gasteiger charge is 2.26. The Hall–Kier alpha value is -3.84. The van der Waals surface area contributed by atoms with Crippen LogP contribution in [0.3, 0.4) is 0 Å². The number of halogens is 2. The maximum absolute atomic E-state index is 15.8. The van der Waals surface area contributed by atoms with Crippen LogP contribution in [0.1, 0.15) is 32.0 Å². The zero-order chi connectivity index (χ0) is 26.5. The van der Waals surface area contributed by atoms with Crippen LogP contribution in [0.4, 0.5) is 4.39 Å². The standard InChI is InChI=1S/C29H27ClFN3O3/c1-16-23-19-14-21(35)27(36-5)25(31)24(19)26(32-28(23)34(33-16)29(2,3)4)18-11-12-22(20(30)13-18)37-15-17-9-7-6-8-10-17/h6-14,33H,15H2,1-5H3. The number of H-pyrrole nitrogens is 1. The average Bonchev–Trinajstić information content (AvgIpc) is 3.20. The number of pyridine rings is 1. The number of aromatic amines is 1. The Bertz CT molecular complexity index is 1700. The van der Waals surface area contributed by atoms with E-state index in [0.717, 1.165) is 11.3 Å². The van der Waals surface area contributed by atoms with Gasteiger partial charge < -0.3 is 14.6 Å². The number of benzene rings is 3. The zero-order valence-corrected chi connectivity index (χ0v) is 22.0. The molecule has 190 valence electrons. The van der Waals surface area contributed by atoms with Crippen LogP contribution in [0.2, 0.25) is 5.02 Å². The van der Waals surface area contributed by atoms with E-state index < -0.39 is 11.2 Å². The topological polar surface area (TPSA) is 69.1 Å². The van der Waals surface area contributed by atoms with Gasteiger partial charge >= 0.3 is 0 Å². The molecule has 0 aliphatic carbocycles. The molecule has 8 heteroatoms. The summed E-state index contributed by atoms with van der Waals surface area (Å²) in [6.45, 7) is 8.36. The highest BCUT2D eigenvalue weighted by Crippen LogP contribution is 2.40.